The molecule has 0 radical (unpaired) electrons. The van der Waals surface area contributed by atoms with E-state index in [0.717, 1.165) is 0 Å². The van der Waals surface area contributed by atoms with Gasteiger partial charge < -0.3 is 10.0 Å². The summed E-state index contributed by atoms with van der Waals surface area (Å²) in [5.41, 5.74) is 0.450. The lowest BCUT2D eigenvalue weighted by Crippen LogP contribution is -2.37. The first-order valence-corrected chi connectivity index (χ1v) is 8.77. The zero-order valence-electron chi connectivity index (χ0n) is 13.0. The van der Waals surface area contributed by atoms with Gasteiger partial charge in [0.2, 0.25) is 10.0 Å². The molecule has 0 aliphatic carbocycles. The molecule has 1 N–H and O–H groups in total. The topological polar surface area (TPSA) is 108 Å². The van der Waals surface area contributed by atoms with E-state index in [4.69, 9.17) is 5.11 Å². The van der Waals surface area contributed by atoms with Crippen LogP contribution < -0.4 is 0 Å². The molecule has 0 saturated carbocycles. The minimum atomic E-state index is -3.18. The Morgan fingerprint density at radius 2 is 2.09 bits per heavy atom. The Labute approximate surface area is 134 Å². The van der Waals surface area contributed by atoms with Crippen LogP contribution in [0.5, 0.6) is 0 Å². The summed E-state index contributed by atoms with van der Waals surface area (Å²) >= 11 is 0. The van der Waals surface area contributed by atoms with Crippen LogP contribution in [-0.2, 0) is 10.0 Å². The van der Waals surface area contributed by atoms with E-state index in [2.05, 4.69) is 4.98 Å². The third-order valence-electron chi connectivity index (χ3n) is 3.77. The first-order chi connectivity index (χ1) is 10.7. The van der Waals surface area contributed by atoms with E-state index in [1.54, 1.807) is 7.05 Å². The Bertz CT molecular complexity index is 732. The van der Waals surface area contributed by atoms with Crippen molar-refractivity contribution in [2.45, 2.75) is 13.3 Å². The first kappa shape index (κ1) is 17.4. The Balaban J connectivity index is 2.02. The van der Waals surface area contributed by atoms with Gasteiger partial charge in [-0.05, 0) is 25.5 Å². The molecule has 1 saturated heterocycles. The Hall–Kier alpha value is -2.00. The molecule has 8 nitrogen and oxygen atoms in total. The molecule has 1 aromatic rings. The maximum absolute atomic E-state index is 12.3. The molecule has 0 unspecified atom stereocenters. The number of hydrogen-bond donors (Lipinski definition) is 1. The largest absolute Gasteiger partial charge is 0.478 e. The van der Waals surface area contributed by atoms with Gasteiger partial charge in [-0.2, -0.15) is 0 Å². The fourth-order valence-corrected chi connectivity index (χ4v) is 3.93. The molecular formula is C14H19N3O5S. The summed E-state index contributed by atoms with van der Waals surface area (Å²) in [5.74, 6) is -1.31. The van der Waals surface area contributed by atoms with Crippen molar-refractivity contribution >= 4 is 21.9 Å². The van der Waals surface area contributed by atoms with Crippen molar-refractivity contribution in [3.63, 3.8) is 0 Å². The number of carbonyl (C=O) groups excluding carboxylic acids is 1. The van der Waals surface area contributed by atoms with E-state index in [0.29, 0.717) is 13.0 Å². The van der Waals surface area contributed by atoms with E-state index in [9.17, 15) is 18.0 Å². The number of aromatic nitrogens is 1. The number of carboxylic acids is 1. The smallest absolute Gasteiger partial charge is 0.337 e. The minimum absolute atomic E-state index is 0.0485. The van der Waals surface area contributed by atoms with Crippen molar-refractivity contribution in [1.82, 2.24) is 14.2 Å². The SMILES string of the molecule is Cc1nc(C(=O)N(C)CCN2CCCS2(=O)=O)ccc1C(=O)O. The Morgan fingerprint density at radius 1 is 1.39 bits per heavy atom. The lowest BCUT2D eigenvalue weighted by atomic mass is 10.2. The fourth-order valence-electron chi connectivity index (χ4n) is 2.41. The number of carbonyl (C=O) groups is 2. The third-order valence-corrected chi connectivity index (χ3v) is 5.73. The van der Waals surface area contributed by atoms with Gasteiger partial charge >= 0.3 is 5.97 Å². The highest BCUT2D eigenvalue weighted by atomic mass is 32.2. The molecular weight excluding hydrogens is 322 g/mol. The molecule has 2 rings (SSSR count). The van der Waals surface area contributed by atoms with Crippen LogP contribution in [0.15, 0.2) is 12.1 Å². The predicted molar refractivity (Wildman–Crippen MR) is 82.9 cm³/mol. The van der Waals surface area contributed by atoms with Gasteiger partial charge in [0.25, 0.3) is 5.91 Å². The predicted octanol–water partition coefficient (Wildman–Crippen LogP) is 0.196. The number of aromatic carboxylic acids is 1. The summed E-state index contributed by atoms with van der Waals surface area (Å²) in [4.78, 5) is 28.6. The van der Waals surface area contributed by atoms with E-state index in [1.807, 2.05) is 0 Å². The van der Waals surface area contributed by atoms with Gasteiger partial charge in [-0.1, -0.05) is 0 Å². The molecule has 1 fully saturated rings. The monoisotopic (exact) mass is 341 g/mol. The van der Waals surface area contributed by atoms with E-state index in [-0.39, 0.29) is 41.7 Å². The quantitative estimate of drug-likeness (QED) is 0.819. The number of carboxylic acid groups (broad SMARTS) is 1. The number of nitrogens with zero attached hydrogens (tertiary/aromatic N) is 3. The van der Waals surface area contributed by atoms with Crippen LogP contribution in [0.1, 0.15) is 33.0 Å². The molecule has 9 heteroatoms. The number of amides is 1. The second-order valence-electron chi connectivity index (χ2n) is 5.43. The summed E-state index contributed by atoms with van der Waals surface area (Å²) in [5, 5.41) is 8.96. The highest BCUT2D eigenvalue weighted by Gasteiger charge is 2.28. The van der Waals surface area contributed by atoms with E-state index < -0.39 is 16.0 Å². The zero-order valence-corrected chi connectivity index (χ0v) is 13.8. The number of aryl methyl sites for hydroxylation is 1. The maximum atomic E-state index is 12.3. The number of pyridine rings is 1. The molecule has 0 spiro atoms. The summed E-state index contributed by atoms with van der Waals surface area (Å²) < 4.78 is 24.8. The average Bonchev–Trinajstić information content (AvgIpc) is 2.82. The molecule has 1 aromatic heterocycles. The van der Waals surface area contributed by atoms with Gasteiger partial charge in [-0.25, -0.2) is 22.5 Å². The van der Waals surface area contributed by atoms with Crippen LogP contribution >= 0.6 is 0 Å². The molecule has 1 aliphatic heterocycles. The molecule has 126 valence electrons. The summed E-state index contributed by atoms with van der Waals surface area (Å²) in [6.45, 7) is 2.50. The number of likely N-dealkylation sites (N-methyl/N-ethyl adjacent to an activating group) is 1. The van der Waals surface area contributed by atoms with Crippen LogP contribution in [0.3, 0.4) is 0 Å². The summed E-state index contributed by atoms with van der Waals surface area (Å²) in [6, 6.07) is 2.71. The Kier molecular flexibility index (Phi) is 5.00. The van der Waals surface area contributed by atoms with Crippen molar-refractivity contribution in [1.29, 1.82) is 0 Å². The lowest BCUT2D eigenvalue weighted by molar-refractivity contribution is 0.0693. The molecule has 0 bridgehead atoms. The lowest BCUT2D eigenvalue weighted by Gasteiger charge is -2.21. The zero-order chi connectivity index (χ0) is 17.2. The molecule has 0 aromatic carbocycles. The van der Waals surface area contributed by atoms with Crippen molar-refractivity contribution < 1.29 is 23.1 Å². The number of hydrogen-bond acceptors (Lipinski definition) is 5. The summed E-state index contributed by atoms with van der Waals surface area (Å²) in [6.07, 6.45) is 0.609. The van der Waals surface area contributed by atoms with Crippen LogP contribution in [0.2, 0.25) is 0 Å². The van der Waals surface area contributed by atoms with Crippen molar-refractivity contribution in [3.8, 4) is 0 Å². The molecule has 2 heterocycles. The molecule has 1 aliphatic rings. The van der Waals surface area contributed by atoms with Gasteiger partial charge in [-0.3, -0.25) is 4.79 Å². The van der Waals surface area contributed by atoms with Gasteiger partial charge in [0.05, 0.1) is 17.0 Å². The number of rotatable bonds is 5. The molecule has 1 amide bonds. The Morgan fingerprint density at radius 3 is 2.61 bits per heavy atom. The molecule has 0 atom stereocenters. The second kappa shape index (κ2) is 6.63. The van der Waals surface area contributed by atoms with Crippen molar-refractivity contribution in [2.75, 3.05) is 32.4 Å². The standard InChI is InChI=1S/C14H19N3O5S/c1-10-11(14(19)20)4-5-12(15-10)13(18)16(2)7-8-17-6-3-9-23(17,21)22/h4-5H,3,6-9H2,1-2H3,(H,19,20). The van der Waals surface area contributed by atoms with Crippen molar-refractivity contribution in [3.05, 3.63) is 29.1 Å². The van der Waals surface area contributed by atoms with Crippen LogP contribution in [0.25, 0.3) is 0 Å². The van der Waals surface area contributed by atoms with Gasteiger partial charge in [0.15, 0.2) is 0 Å². The normalized spacial score (nSPS) is 17.1. The van der Waals surface area contributed by atoms with Crippen molar-refractivity contribution in [2.24, 2.45) is 0 Å². The molecule has 23 heavy (non-hydrogen) atoms. The number of sulfonamides is 1. The van der Waals surface area contributed by atoms with Gasteiger partial charge in [0.1, 0.15) is 5.69 Å². The van der Waals surface area contributed by atoms with Crippen LogP contribution in [0, 0.1) is 6.92 Å². The highest BCUT2D eigenvalue weighted by Crippen LogP contribution is 2.13. The van der Waals surface area contributed by atoms with E-state index >= 15 is 0 Å². The van der Waals surface area contributed by atoms with E-state index in [1.165, 1.54) is 28.3 Å². The summed E-state index contributed by atoms with van der Waals surface area (Å²) in [7, 11) is -1.62. The van der Waals surface area contributed by atoms with Gasteiger partial charge in [-0.15, -0.1) is 0 Å². The van der Waals surface area contributed by atoms with Crippen LogP contribution in [0.4, 0.5) is 0 Å². The van der Waals surface area contributed by atoms with Crippen LogP contribution in [-0.4, -0.2) is 72.0 Å². The van der Waals surface area contributed by atoms with Gasteiger partial charge in [0, 0.05) is 26.7 Å². The maximum Gasteiger partial charge on any atom is 0.337 e. The highest BCUT2D eigenvalue weighted by molar-refractivity contribution is 7.89. The first-order valence-electron chi connectivity index (χ1n) is 7.16. The third kappa shape index (κ3) is 3.85. The average molecular weight is 341 g/mol. The minimum Gasteiger partial charge on any atom is -0.478 e. The fraction of sp³-hybridized carbons (Fsp3) is 0.500. The second-order valence-corrected chi connectivity index (χ2v) is 7.52.